The van der Waals surface area contributed by atoms with Crippen LogP contribution in [0.3, 0.4) is 0 Å². The quantitative estimate of drug-likeness (QED) is 0.824. The van der Waals surface area contributed by atoms with E-state index < -0.39 is 0 Å². The summed E-state index contributed by atoms with van der Waals surface area (Å²) >= 11 is 0. The molecule has 1 heterocycles. The second-order valence-electron chi connectivity index (χ2n) is 4.03. The van der Waals surface area contributed by atoms with Gasteiger partial charge in [-0.15, -0.1) is 0 Å². The van der Waals surface area contributed by atoms with Crippen LogP contribution in [0.2, 0.25) is 0 Å². The van der Waals surface area contributed by atoms with Gasteiger partial charge in [-0.1, -0.05) is 30.3 Å². The lowest BCUT2D eigenvalue weighted by Gasteiger charge is -2.00. The monoisotopic (exact) mass is 216 g/mol. The molecule has 0 unspecified atom stereocenters. The first-order chi connectivity index (χ1) is 7.75. The average Bonchev–Trinajstić information content (AvgIpc) is 2.76. The number of aromatic nitrogens is 2. The van der Waals surface area contributed by atoms with Crippen molar-refractivity contribution in [2.45, 2.75) is 25.9 Å². The molecule has 1 aromatic heterocycles. The molecule has 0 amide bonds. The Labute approximate surface area is 95.1 Å². The molecule has 2 aromatic rings. The number of aryl methyl sites for hydroxylation is 1. The first-order valence-electron chi connectivity index (χ1n) is 5.53. The van der Waals surface area contributed by atoms with Crippen LogP contribution in [0.15, 0.2) is 36.4 Å². The van der Waals surface area contributed by atoms with E-state index in [4.69, 9.17) is 0 Å². The van der Waals surface area contributed by atoms with Crippen LogP contribution in [-0.2, 0) is 6.42 Å². The number of nitrogens with one attached hydrogen (secondary N) is 1. The fraction of sp³-hybridized carbons (Fsp3) is 0.308. The third kappa shape index (κ3) is 2.70. The minimum absolute atomic E-state index is 0.261. The number of hydrogen-bond acceptors (Lipinski definition) is 2. The molecule has 0 bridgehead atoms. The fourth-order valence-corrected chi connectivity index (χ4v) is 1.61. The SMILES string of the molecule is C[C@@H](O)CCc1cc(-c2ccccc2)n[nH]1. The molecule has 16 heavy (non-hydrogen) atoms. The van der Waals surface area contributed by atoms with Crippen molar-refractivity contribution in [2.24, 2.45) is 0 Å². The number of hydrogen-bond donors (Lipinski definition) is 2. The predicted octanol–water partition coefficient (Wildman–Crippen LogP) is 2.39. The number of aromatic amines is 1. The lowest BCUT2D eigenvalue weighted by molar-refractivity contribution is 0.184. The molecule has 1 atom stereocenters. The van der Waals surface area contributed by atoms with Crippen molar-refractivity contribution in [3.05, 3.63) is 42.1 Å². The molecule has 2 N–H and O–H groups in total. The molecule has 0 saturated heterocycles. The number of aliphatic hydroxyl groups is 1. The van der Waals surface area contributed by atoms with Crippen molar-refractivity contribution in [3.8, 4) is 11.3 Å². The van der Waals surface area contributed by atoms with Gasteiger partial charge in [0.1, 0.15) is 0 Å². The van der Waals surface area contributed by atoms with E-state index in [0.29, 0.717) is 0 Å². The van der Waals surface area contributed by atoms with Crippen LogP contribution >= 0.6 is 0 Å². The molecule has 0 saturated carbocycles. The Morgan fingerprint density at radius 2 is 2.06 bits per heavy atom. The van der Waals surface area contributed by atoms with E-state index in [1.165, 1.54) is 0 Å². The second kappa shape index (κ2) is 4.94. The number of H-pyrrole nitrogens is 1. The van der Waals surface area contributed by atoms with E-state index in [9.17, 15) is 5.11 Å². The smallest absolute Gasteiger partial charge is 0.0923 e. The predicted molar refractivity (Wildman–Crippen MR) is 64.0 cm³/mol. The van der Waals surface area contributed by atoms with Gasteiger partial charge in [0.05, 0.1) is 11.8 Å². The molecule has 3 nitrogen and oxygen atoms in total. The van der Waals surface area contributed by atoms with Gasteiger partial charge in [0.2, 0.25) is 0 Å². The molecule has 0 aliphatic heterocycles. The Kier molecular flexibility index (Phi) is 3.37. The molecule has 84 valence electrons. The zero-order valence-electron chi connectivity index (χ0n) is 9.35. The van der Waals surface area contributed by atoms with Crippen molar-refractivity contribution < 1.29 is 5.11 Å². The van der Waals surface area contributed by atoms with E-state index in [0.717, 1.165) is 29.8 Å². The Balaban J connectivity index is 2.08. The summed E-state index contributed by atoms with van der Waals surface area (Å²) in [4.78, 5) is 0. The molecule has 1 aromatic carbocycles. The van der Waals surface area contributed by atoms with Gasteiger partial charge in [-0.2, -0.15) is 5.10 Å². The molecule has 3 heteroatoms. The van der Waals surface area contributed by atoms with Gasteiger partial charge < -0.3 is 5.11 Å². The Hall–Kier alpha value is -1.61. The van der Waals surface area contributed by atoms with Gasteiger partial charge in [-0.05, 0) is 25.8 Å². The van der Waals surface area contributed by atoms with E-state index in [1.54, 1.807) is 6.92 Å². The van der Waals surface area contributed by atoms with Gasteiger partial charge in [-0.3, -0.25) is 5.10 Å². The summed E-state index contributed by atoms with van der Waals surface area (Å²) in [7, 11) is 0. The zero-order valence-corrected chi connectivity index (χ0v) is 9.35. The minimum Gasteiger partial charge on any atom is -0.393 e. The van der Waals surface area contributed by atoms with Crippen molar-refractivity contribution in [1.82, 2.24) is 10.2 Å². The van der Waals surface area contributed by atoms with Gasteiger partial charge in [0.15, 0.2) is 0 Å². The Morgan fingerprint density at radius 1 is 1.31 bits per heavy atom. The topological polar surface area (TPSA) is 48.9 Å². The Morgan fingerprint density at radius 3 is 2.75 bits per heavy atom. The number of benzene rings is 1. The normalized spacial score (nSPS) is 12.6. The van der Waals surface area contributed by atoms with Crippen LogP contribution in [0, 0.1) is 0 Å². The molecule has 0 spiro atoms. The van der Waals surface area contributed by atoms with E-state index in [1.807, 2.05) is 36.4 Å². The maximum atomic E-state index is 9.20. The van der Waals surface area contributed by atoms with Gasteiger partial charge in [-0.25, -0.2) is 0 Å². The van der Waals surface area contributed by atoms with Crippen LogP contribution in [-0.4, -0.2) is 21.4 Å². The van der Waals surface area contributed by atoms with Gasteiger partial charge >= 0.3 is 0 Å². The van der Waals surface area contributed by atoms with E-state index in [2.05, 4.69) is 10.2 Å². The summed E-state index contributed by atoms with van der Waals surface area (Å²) in [5, 5.41) is 16.5. The van der Waals surface area contributed by atoms with Crippen molar-refractivity contribution in [3.63, 3.8) is 0 Å². The zero-order chi connectivity index (χ0) is 11.4. The summed E-state index contributed by atoms with van der Waals surface area (Å²) in [6.45, 7) is 1.80. The first kappa shape index (κ1) is 10.9. The third-order valence-corrected chi connectivity index (χ3v) is 2.53. The number of nitrogens with zero attached hydrogens (tertiary/aromatic N) is 1. The van der Waals surface area contributed by atoms with Gasteiger partial charge in [0, 0.05) is 11.3 Å². The second-order valence-corrected chi connectivity index (χ2v) is 4.03. The summed E-state index contributed by atoms with van der Waals surface area (Å²) in [5.74, 6) is 0. The molecule has 0 fully saturated rings. The summed E-state index contributed by atoms with van der Waals surface area (Å²) in [5.41, 5.74) is 3.14. The van der Waals surface area contributed by atoms with Crippen molar-refractivity contribution in [2.75, 3.05) is 0 Å². The average molecular weight is 216 g/mol. The molecular weight excluding hydrogens is 200 g/mol. The maximum Gasteiger partial charge on any atom is 0.0923 e. The van der Waals surface area contributed by atoms with Crippen LogP contribution in [0.4, 0.5) is 0 Å². The third-order valence-electron chi connectivity index (χ3n) is 2.53. The summed E-state index contributed by atoms with van der Waals surface area (Å²) < 4.78 is 0. The van der Waals surface area contributed by atoms with E-state index in [-0.39, 0.29) is 6.10 Å². The lowest BCUT2D eigenvalue weighted by atomic mass is 10.1. The van der Waals surface area contributed by atoms with Crippen LogP contribution in [0.25, 0.3) is 11.3 Å². The van der Waals surface area contributed by atoms with Crippen LogP contribution in [0.1, 0.15) is 19.0 Å². The number of rotatable bonds is 4. The van der Waals surface area contributed by atoms with Crippen LogP contribution in [0.5, 0.6) is 0 Å². The standard InChI is InChI=1S/C13H16N2O/c1-10(16)7-8-12-9-13(15-14-12)11-5-3-2-4-6-11/h2-6,9-10,16H,7-8H2,1H3,(H,14,15)/t10-/m1/s1. The highest BCUT2D eigenvalue weighted by molar-refractivity contribution is 5.58. The summed E-state index contributed by atoms with van der Waals surface area (Å²) in [6.07, 6.45) is 1.33. The first-order valence-corrected chi connectivity index (χ1v) is 5.53. The molecule has 0 aliphatic carbocycles. The van der Waals surface area contributed by atoms with Crippen molar-refractivity contribution in [1.29, 1.82) is 0 Å². The van der Waals surface area contributed by atoms with Gasteiger partial charge in [0.25, 0.3) is 0 Å². The molecule has 2 rings (SSSR count). The lowest BCUT2D eigenvalue weighted by Crippen LogP contribution is -2.01. The highest BCUT2D eigenvalue weighted by atomic mass is 16.3. The molecule has 0 aliphatic rings. The highest BCUT2D eigenvalue weighted by Crippen LogP contribution is 2.17. The van der Waals surface area contributed by atoms with E-state index >= 15 is 0 Å². The van der Waals surface area contributed by atoms with Crippen LogP contribution < -0.4 is 0 Å². The maximum absolute atomic E-state index is 9.20. The van der Waals surface area contributed by atoms with Crippen molar-refractivity contribution >= 4 is 0 Å². The largest absolute Gasteiger partial charge is 0.393 e. The minimum atomic E-state index is -0.261. The summed E-state index contributed by atoms with van der Waals surface area (Å²) in [6, 6.07) is 12.1. The fourth-order valence-electron chi connectivity index (χ4n) is 1.61. The Bertz CT molecular complexity index is 434. The molecular formula is C13H16N2O. The molecule has 0 radical (unpaired) electrons. The highest BCUT2D eigenvalue weighted by Gasteiger charge is 2.04. The number of aliphatic hydroxyl groups excluding tert-OH is 1.